The van der Waals surface area contributed by atoms with Crippen LogP contribution in [0.5, 0.6) is 0 Å². The number of carbonyl (C=O) groups excluding carboxylic acids is 2. The summed E-state index contributed by atoms with van der Waals surface area (Å²) in [5.74, 6) is -1.13. The average molecular weight is 380 g/mol. The summed E-state index contributed by atoms with van der Waals surface area (Å²) in [6, 6.07) is 0. The first-order valence-corrected chi connectivity index (χ1v) is 9.34. The Morgan fingerprint density at radius 3 is 2.74 bits per heavy atom. The Labute approximate surface area is 159 Å². The number of allylic oxidation sites excluding steroid dienone is 1. The van der Waals surface area contributed by atoms with Crippen molar-refractivity contribution in [3.05, 3.63) is 23.8 Å². The molecule has 3 rings (SSSR count). The van der Waals surface area contributed by atoms with Crippen molar-refractivity contribution in [1.29, 1.82) is 0 Å². The fourth-order valence-corrected chi connectivity index (χ4v) is 4.31. The number of aliphatic hydroxyl groups is 2. The number of esters is 2. The molecule has 27 heavy (non-hydrogen) atoms. The summed E-state index contributed by atoms with van der Waals surface area (Å²) >= 11 is 0. The first-order valence-electron chi connectivity index (χ1n) is 9.34. The minimum absolute atomic E-state index is 0.0497. The van der Waals surface area contributed by atoms with Crippen LogP contribution in [0.4, 0.5) is 0 Å². The van der Waals surface area contributed by atoms with Crippen LogP contribution < -0.4 is 0 Å². The van der Waals surface area contributed by atoms with Gasteiger partial charge in [0.05, 0.1) is 11.0 Å². The van der Waals surface area contributed by atoms with Crippen LogP contribution in [0.15, 0.2) is 23.8 Å². The standard InChI is InChI=1S/C20H28O7/c1-10(2)9-13(21)25-15-14(22)11(3)7-6-8-19(5)17-20(15,27-18(19)24)12(4)16(23)26-17/h7,10,14-15,17-18,22,24H,4,6,8-9H2,1-3,5H3/b11-7+/t14-,15-,17-,18-,19-,20+/m1/s1. The topological polar surface area (TPSA) is 102 Å². The molecule has 2 fully saturated rings. The van der Waals surface area contributed by atoms with E-state index in [1.54, 1.807) is 13.8 Å². The molecule has 2 N–H and O–H groups in total. The Morgan fingerprint density at radius 2 is 2.11 bits per heavy atom. The van der Waals surface area contributed by atoms with Gasteiger partial charge in [-0.2, -0.15) is 0 Å². The number of hydrogen-bond acceptors (Lipinski definition) is 7. The van der Waals surface area contributed by atoms with E-state index in [1.165, 1.54) is 0 Å². The van der Waals surface area contributed by atoms with E-state index in [0.29, 0.717) is 18.4 Å². The summed E-state index contributed by atoms with van der Waals surface area (Å²) in [5, 5.41) is 21.6. The fraction of sp³-hybridized carbons (Fsp3) is 0.700. The lowest BCUT2D eigenvalue weighted by atomic mass is 9.72. The van der Waals surface area contributed by atoms with Gasteiger partial charge in [0.15, 0.2) is 18.0 Å². The molecule has 1 aliphatic carbocycles. The number of aliphatic hydroxyl groups excluding tert-OH is 2. The largest absolute Gasteiger partial charge is 0.456 e. The number of carbonyl (C=O) groups is 2. The molecule has 0 amide bonds. The third-order valence-corrected chi connectivity index (χ3v) is 5.96. The molecule has 0 radical (unpaired) electrons. The van der Waals surface area contributed by atoms with E-state index < -0.39 is 47.6 Å². The molecule has 6 atom stereocenters. The lowest BCUT2D eigenvalue weighted by Crippen LogP contribution is -2.57. The van der Waals surface area contributed by atoms with E-state index in [1.807, 2.05) is 19.9 Å². The van der Waals surface area contributed by atoms with Gasteiger partial charge in [0.25, 0.3) is 0 Å². The zero-order valence-electron chi connectivity index (χ0n) is 16.2. The molecule has 0 spiro atoms. The average Bonchev–Trinajstić information content (AvgIpc) is 2.95. The summed E-state index contributed by atoms with van der Waals surface area (Å²) < 4.78 is 17.1. The van der Waals surface area contributed by atoms with Crippen molar-refractivity contribution in [2.75, 3.05) is 0 Å². The molecule has 0 aromatic heterocycles. The van der Waals surface area contributed by atoms with Crippen molar-refractivity contribution in [3.8, 4) is 0 Å². The van der Waals surface area contributed by atoms with Gasteiger partial charge in [-0.3, -0.25) is 4.79 Å². The molecule has 0 unspecified atom stereocenters. The van der Waals surface area contributed by atoms with Gasteiger partial charge in [-0.05, 0) is 31.3 Å². The van der Waals surface area contributed by atoms with Gasteiger partial charge in [-0.15, -0.1) is 0 Å². The zero-order valence-corrected chi connectivity index (χ0v) is 16.2. The van der Waals surface area contributed by atoms with Gasteiger partial charge < -0.3 is 24.4 Å². The van der Waals surface area contributed by atoms with Crippen LogP contribution in [0, 0.1) is 11.3 Å². The van der Waals surface area contributed by atoms with E-state index in [0.717, 1.165) is 0 Å². The highest BCUT2D eigenvalue weighted by atomic mass is 16.7. The van der Waals surface area contributed by atoms with Crippen molar-refractivity contribution < 1.29 is 34.0 Å². The van der Waals surface area contributed by atoms with E-state index in [-0.39, 0.29) is 17.9 Å². The highest BCUT2D eigenvalue weighted by molar-refractivity contribution is 5.94. The number of ether oxygens (including phenoxy) is 3. The molecule has 7 heteroatoms. The molecule has 2 aliphatic heterocycles. The third-order valence-electron chi connectivity index (χ3n) is 5.96. The van der Waals surface area contributed by atoms with Crippen LogP contribution in [-0.4, -0.2) is 52.4 Å². The van der Waals surface area contributed by atoms with Gasteiger partial charge >= 0.3 is 11.9 Å². The van der Waals surface area contributed by atoms with Crippen LogP contribution >= 0.6 is 0 Å². The smallest absolute Gasteiger partial charge is 0.337 e. The van der Waals surface area contributed by atoms with Crippen molar-refractivity contribution in [3.63, 3.8) is 0 Å². The second kappa shape index (κ2) is 6.72. The van der Waals surface area contributed by atoms with Gasteiger partial charge in [-0.25, -0.2) is 4.79 Å². The van der Waals surface area contributed by atoms with Crippen molar-refractivity contribution in [2.45, 2.75) is 77.2 Å². The number of rotatable bonds is 3. The van der Waals surface area contributed by atoms with E-state index in [2.05, 4.69) is 6.58 Å². The maximum atomic E-state index is 12.4. The Bertz CT molecular complexity index is 696. The summed E-state index contributed by atoms with van der Waals surface area (Å²) in [6.45, 7) is 11.1. The monoisotopic (exact) mass is 380 g/mol. The third kappa shape index (κ3) is 2.92. The molecule has 7 nitrogen and oxygen atoms in total. The molecular weight excluding hydrogens is 352 g/mol. The molecule has 3 aliphatic rings. The molecule has 2 bridgehead atoms. The Kier molecular flexibility index (Phi) is 4.99. The quantitative estimate of drug-likeness (QED) is 0.436. The normalized spacial score (nSPS) is 43.3. The van der Waals surface area contributed by atoms with Crippen LogP contribution in [0.3, 0.4) is 0 Å². The van der Waals surface area contributed by atoms with Crippen LogP contribution in [0.2, 0.25) is 0 Å². The van der Waals surface area contributed by atoms with Crippen molar-refractivity contribution >= 4 is 11.9 Å². The van der Waals surface area contributed by atoms with Gasteiger partial charge in [0.2, 0.25) is 0 Å². The Balaban J connectivity index is 2.12. The summed E-state index contributed by atoms with van der Waals surface area (Å²) in [4.78, 5) is 24.8. The summed E-state index contributed by atoms with van der Waals surface area (Å²) in [5.41, 5.74) is -1.99. The second-order valence-corrected chi connectivity index (χ2v) is 8.47. The predicted octanol–water partition coefficient (Wildman–Crippen LogP) is 1.62. The predicted molar refractivity (Wildman–Crippen MR) is 95.3 cm³/mol. The summed E-state index contributed by atoms with van der Waals surface area (Å²) in [7, 11) is 0. The molecule has 150 valence electrons. The van der Waals surface area contributed by atoms with Crippen LogP contribution in [0.1, 0.15) is 47.0 Å². The molecule has 2 heterocycles. The minimum atomic E-state index is -1.63. The van der Waals surface area contributed by atoms with Crippen molar-refractivity contribution in [2.24, 2.45) is 11.3 Å². The van der Waals surface area contributed by atoms with Gasteiger partial charge in [0.1, 0.15) is 12.2 Å². The van der Waals surface area contributed by atoms with Crippen LogP contribution in [0.25, 0.3) is 0 Å². The van der Waals surface area contributed by atoms with Gasteiger partial charge in [-0.1, -0.05) is 33.4 Å². The van der Waals surface area contributed by atoms with Crippen LogP contribution in [-0.2, 0) is 23.8 Å². The first kappa shape index (κ1) is 20.0. The van der Waals surface area contributed by atoms with E-state index in [9.17, 15) is 19.8 Å². The highest BCUT2D eigenvalue weighted by Crippen LogP contribution is 2.57. The zero-order chi connectivity index (χ0) is 20.1. The molecule has 0 aromatic rings. The highest BCUT2D eigenvalue weighted by Gasteiger charge is 2.74. The van der Waals surface area contributed by atoms with E-state index >= 15 is 0 Å². The minimum Gasteiger partial charge on any atom is -0.456 e. The molecular formula is C20H28O7. The van der Waals surface area contributed by atoms with Gasteiger partial charge in [0, 0.05) is 6.42 Å². The Hall–Kier alpha value is -1.70. The number of hydrogen-bond donors (Lipinski definition) is 2. The second-order valence-electron chi connectivity index (χ2n) is 8.47. The first-order chi connectivity index (χ1) is 12.5. The van der Waals surface area contributed by atoms with Crippen molar-refractivity contribution in [1.82, 2.24) is 0 Å². The van der Waals surface area contributed by atoms with E-state index in [4.69, 9.17) is 14.2 Å². The maximum Gasteiger partial charge on any atom is 0.337 e. The Morgan fingerprint density at radius 1 is 1.44 bits per heavy atom. The SMILES string of the molecule is C=C1C(=O)O[C@@H]2[C@@]3(C)CC/C=C(\C)[C@@H](O)[C@@H](OC(=O)CC(C)C)[C@@]12O[C@H]3O. The lowest BCUT2D eigenvalue weighted by molar-refractivity contribution is -0.206. The maximum absolute atomic E-state index is 12.4. The molecule has 2 saturated heterocycles. The molecule has 0 aromatic carbocycles. The molecule has 0 saturated carbocycles. The lowest BCUT2D eigenvalue weighted by Gasteiger charge is -2.38. The summed E-state index contributed by atoms with van der Waals surface area (Å²) in [6.07, 6.45) is -1.62. The fourth-order valence-electron chi connectivity index (χ4n) is 4.31.